The highest BCUT2D eigenvalue weighted by Crippen LogP contribution is 2.29. The second-order valence-electron chi connectivity index (χ2n) is 6.09. The summed E-state index contributed by atoms with van der Waals surface area (Å²) < 4.78 is 0. The number of H-pyrrole nitrogens is 1. The lowest BCUT2D eigenvalue weighted by molar-refractivity contribution is 0.135. The van der Waals surface area contributed by atoms with Crippen molar-refractivity contribution < 1.29 is 5.11 Å². The Morgan fingerprint density at radius 2 is 2.28 bits per heavy atom. The van der Waals surface area contributed by atoms with E-state index in [9.17, 15) is 5.11 Å². The Labute approximate surface area is 108 Å². The summed E-state index contributed by atoms with van der Waals surface area (Å²) in [7, 11) is 0. The van der Waals surface area contributed by atoms with Crippen molar-refractivity contribution in [2.75, 3.05) is 19.6 Å². The van der Waals surface area contributed by atoms with E-state index in [-0.39, 0.29) is 6.10 Å². The number of likely N-dealkylation sites (tertiary alicyclic amines) is 1. The molecule has 3 rings (SSSR count). The monoisotopic (exact) mass is 249 g/mol. The van der Waals surface area contributed by atoms with Gasteiger partial charge in [-0.25, -0.2) is 0 Å². The molecule has 2 fully saturated rings. The molecule has 0 bridgehead atoms. The fourth-order valence-electron chi connectivity index (χ4n) is 3.18. The first-order valence-corrected chi connectivity index (χ1v) is 7.12. The topological polar surface area (TPSA) is 52.1 Å². The molecular weight excluding hydrogens is 226 g/mol. The second kappa shape index (κ2) is 5.02. The SMILES string of the molecule is Cc1cc(C[C@@H]2CN(CC3CCC3)C[C@H]2O)n[nH]1. The Kier molecular flexibility index (Phi) is 3.39. The maximum absolute atomic E-state index is 10.2. The Morgan fingerprint density at radius 1 is 1.44 bits per heavy atom. The summed E-state index contributed by atoms with van der Waals surface area (Å²) in [6.07, 6.45) is 4.89. The molecule has 1 saturated carbocycles. The first kappa shape index (κ1) is 12.2. The van der Waals surface area contributed by atoms with Crippen molar-refractivity contribution in [2.45, 2.75) is 38.7 Å². The van der Waals surface area contributed by atoms with E-state index < -0.39 is 0 Å². The minimum absolute atomic E-state index is 0.179. The van der Waals surface area contributed by atoms with Gasteiger partial charge in [-0.1, -0.05) is 6.42 Å². The number of β-amino-alcohol motifs (C(OH)–C–C–N with tert-alkyl or cyclic N) is 1. The van der Waals surface area contributed by atoms with E-state index in [1.807, 2.05) is 6.92 Å². The molecule has 18 heavy (non-hydrogen) atoms. The molecule has 1 aromatic heterocycles. The van der Waals surface area contributed by atoms with Crippen LogP contribution in [0.15, 0.2) is 6.07 Å². The van der Waals surface area contributed by atoms with Crippen molar-refractivity contribution in [2.24, 2.45) is 11.8 Å². The highest BCUT2D eigenvalue weighted by atomic mass is 16.3. The summed E-state index contributed by atoms with van der Waals surface area (Å²) in [6, 6.07) is 2.08. The molecule has 1 saturated heterocycles. The zero-order valence-corrected chi connectivity index (χ0v) is 11.1. The van der Waals surface area contributed by atoms with Gasteiger partial charge < -0.3 is 10.0 Å². The average Bonchev–Trinajstić information content (AvgIpc) is 2.81. The third-order valence-electron chi connectivity index (χ3n) is 4.45. The average molecular weight is 249 g/mol. The van der Waals surface area contributed by atoms with Gasteiger partial charge in [-0.05, 0) is 38.2 Å². The molecule has 1 aromatic rings. The first-order valence-electron chi connectivity index (χ1n) is 7.12. The highest BCUT2D eigenvalue weighted by Gasteiger charge is 2.33. The van der Waals surface area contributed by atoms with Crippen LogP contribution in [0.25, 0.3) is 0 Å². The predicted molar refractivity (Wildman–Crippen MR) is 70.3 cm³/mol. The van der Waals surface area contributed by atoms with Crippen molar-refractivity contribution in [1.82, 2.24) is 15.1 Å². The fourth-order valence-corrected chi connectivity index (χ4v) is 3.18. The quantitative estimate of drug-likeness (QED) is 0.847. The molecule has 2 aliphatic rings. The third kappa shape index (κ3) is 2.59. The molecule has 2 N–H and O–H groups in total. The molecule has 0 aromatic carbocycles. The summed E-state index contributed by atoms with van der Waals surface area (Å²) in [5.74, 6) is 1.25. The summed E-state index contributed by atoms with van der Waals surface area (Å²) in [4.78, 5) is 2.44. The van der Waals surface area contributed by atoms with Gasteiger partial charge in [0.1, 0.15) is 0 Å². The molecule has 0 amide bonds. The van der Waals surface area contributed by atoms with Gasteiger partial charge in [-0.3, -0.25) is 5.10 Å². The predicted octanol–water partition coefficient (Wildman–Crippen LogP) is 1.35. The van der Waals surface area contributed by atoms with Gasteiger partial charge in [-0.2, -0.15) is 5.10 Å². The summed E-state index contributed by atoms with van der Waals surface area (Å²) in [6.45, 7) is 5.09. The van der Waals surface area contributed by atoms with Crippen LogP contribution >= 0.6 is 0 Å². The Balaban J connectivity index is 1.53. The largest absolute Gasteiger partial charge is 0.391 e. The van der Waals surface area contributed by atoms with E-state index in [4.69, 9.17) is 0 Å². The smallest absolute Gasteiger partial charge is 0.0711 e. The molecule has 1 aliphatic carbocycles. The molecular formula is C14H23N3O. The highest BCUT2D eigenvalue weighted by molar-refractivity contribution is 5.08. The van der Waals surface area contributed by atoms with Crippen LogP contribution in [-0.4, -0.2) is 45.9 Å². The van der Waals surface area contributed by atoms with Crippen LogP contribution in [0.3, 0.4) is 0 Å². The van der Waals surface area contributed by atoms with Gasteiger partial charge in [0, 0.05) is 31.2 Å². The molecule has 4 heteroatoms. The molecule has 0 spiro atoms. The maximum Gasteiger partial charge on any atom is 0.0711 e. The van der Waals surface area contributed by atoms with Gasteiger partial charge in [-0.15, -0.1) is 0 Å². The number of nitrogens with one attached hydrogen (secondary N) is 1. The number of hydrogen-bond acceptors (Lipinski definition) is 3. The minimum Gasteiger partial charge on any atom is -0.391 e. The number of aromatic amines is 1. The van der Waals surface area contributed by atoms with E-state index in [1.165, 1.54) is 25.8 Å². The standard InChI is InChI=1S/C14H23N3O/c1-10-5-13(16-15-10)6-12-8-17(9-14(12)18)7-11-3-2-4-11/h5,11-12,14,18H,2-4,6-9H2,1H3,(H,15,16)/t12-,14-/m1/s1. The number of nitrogens with zero attached hydrogens (tertiary/aromatic N) is 2. The van der Waals surface area contributed by atoms with Gasteiger partial charge in [0.15, 0.2) is 0 Å². The van der Waals surface area contributed by atoms with Gasteiger partial charge in [0.2, 0.25) is 0 Å². The second-order valence-corrected chi connectivity index (χ2v) is 6.09. The summed E-state index contributed by atoms with van der Waals surface area (Å²) in [5, 5.41) is 17.4. The number of aliphatic hydroxyl groups excluding tert-OH is 1. The number of rotatable bonds is 4. The molecule has 100 valence electrons. The van der Waals surface area contributed by atoms with Crippen molar-refractivity contribution >= 4 is 0 Å². The molecule has 0 unspecified atom stereocenters. The lowest BCUT2D eigenvalue weighted by atomic mass is 9.85. The van der Waals surface area contributed by atoms with Crippen LogP contribution in [0.2, 0.25) is 0 Å². The fraction of sp³-hybridized carbons (Fsp3) is 0.786. The van der Waals surface area contributed by atoms with Gasteiger partial charge >= 0.3 is 0 Å². The maximum atomic E-state index is 10.2. The van der Waals surface area contributed by atoms with Gasteiger partial charge in [0.05, 0.1) is 11.8 Å². The van der Waals surface area contributed by atoms with Crippen LogP contribution in [-0.2, 0) is 6.42 Å². The Morgan fingerprint density at radius 3 is 2.89 bits per heavy atom. The summed E-state index contributed by atoms with van der Waals surface area (Å²) in [5.41, 5.74) is 2.19. The van der Waals surface area contributed by atoms with Crippen molar-refractivity contribution in [1.29, 1.82) is 0 Å². The van der Waals surface area contributed by atoms with Crippen LogP contribution in [0.5, 0.6) is 0 Å². The van der Waals surface area contributed by atoms with E-state index in [0.29, 0.717) is 5.92 Å². The van der Waals surface area contributed by atoms with Crippen LogP contribution < -0.4 is 0 Å². The minimum atomic E-state index is -0.179. The van der Waals surface area contributed by atoms with E-state index >= 15 is 0 Å². The number of aromatic nitrogens is 2. The van der Waals surface area contributed by atoms with Crippen LogP contribution in [0.4, 0.5) is 0 Å². The molecule has 2 heterocycles. The van der Waals surface area contributed by atoms with Crippen LogP contribution in [0, 0.1) is 18.8 Å². The van der Waals surface area contributed by atoms with E-state index in [1.54, 1.807) is 0 Å². The Bertz CT molecular complexity index is 399. The normalized spacial score (nSPS) is 29.7. The van der Waals surface area contributed by atoms with Crippen molar-refractivity contribution in [3.8, 4) is 0 Å². The van der Waals surface area contributed by atoms with Crippen molar-refractivity contribution in [3.05, 3.63) is 17.5 Å². The number of aliphatic hydroxyl groups is 1. The van der Waals surface area contributed by atoms with Crippen LogP contribution in [0.1, 0.15) is 30.7 Å². The number of hydrogen-bond donors (Lipinski definition) is 2. The van der Waals surface area contributed by atoms with E-state index in [0.717, 1.165) is 36.8 Å². The number of aryl methyl sites for hydroxylation is 1. The lowest BCUT2D eigenvalue weighted by Crippen LogP contribution is -2.31. The van der Waals surface area contributed by atoms with E-state index in [2.05, 4.69) is 21.2 Å². The zero-order chi connectivity index (χ0) is 12.5. The first-order chi connectivity index (χ1) is 8.70. The molecule has 4 nitrogen and oxygen atoms in total. The summed E-state index contributed by atoms with van der Waals surface area (Å²) >= 11 is 0. The van der Waals surface area contributed by atoms with Crippen molar-refractivity contribution in [3.63, 3.8) is 0 Å². The third-order valence-corrected chi connectivity index (χ3v) is 4.45. The Hall–Kier alpha value is -0.870. The molecule has 2 atom stereocenters. The lowest BCUT2D eigenvalue weighted by Gasteiger charge is -2.29. The zero-order valence-electron chi connectivity index (χ0n) is 11.1. The molecule has 0 radical (unpaired) electrons. The molecule has 1 aliphatic heterocycles. The van der Waals surface area contributed by atoms with Gasteiger partial charge in [0.25, 0.3) is 0 Å².